The second-order valence-corrected chi connectivity index (χ2v) is 6.43. The van der Waals surface area contributed by atoms with E-state index in [4.69, 9.17) is 11.1 Å². The van der Waals surface area contributed by atoms with Gasteiger partial charge in [-0.1, -0.05) is 57.0 Å². The van der Waals surface area contributed by atoms with Crippen molar-refractivity contribution >= 4 is 5.84 Å². The van der Waals surface area contributed by atoms with Gasteiger partial charge >= 0.3 is 0 Å². The van der Waals surface area contributed by atoms with Gasteiger partial charge in [0.25, 0.3) is 0 Å². The zero-order valence-electron chi connectivity index (χ0n) is 13.4. The monoisotopic (exact) mass is 287 g/mol. The Labute approximate surface area is 129 Å². The normalized spacial score (nSPS) is 20.1. The fourth-order valence-corrected chi connectivity index (χ4v) is 3.49. The van der Waals surface area contributed by atoms with Gasteiger partial charge in [0, 0.05) is 6.54 Å². The maximum atomic E-state index is 7.91. The first-order chi connectivity index (χ1) is 10.1. The lowest BCUT2D eigenvalue weighted by atomic mass is 9.74. The van der Waals surface area contributed by atoms with Crippen LogP contribution >= 0.6 is 0 Å². The summed E-state index contributed by atoms with van der Waals surface area (Å²) in [6.45, 7) is 7.79. The van der Waals surface area contributed by atoms with Crippen molar-refractivity contribution in [3.63, 3.8) is 0 Å². The second kappa shape index (κ2) is 7.08. The molecule has 1 aliphatic heterocycles. The van der Waals surface area contributed by atoms with E-state index in [1.807, 2.05) is 18.2 Å². The van der Waals surface area contributed by atoms with Crippen LogP contribution in [0.2, 0.25) is 0 Å². The fraction of sp³-hybridized carbons (Fsp3) is 0.611. The molecule has 3 heteroatoms. The van der Waals surface area contributed by atoms with E-state index < -0.39 is 0 Å². The molecule has 0 aliphatic carbocycles. The van der Waals surface area contributed by atoms with E-state index >= 15 is 0 Å². The molecule has 116 valence electrons. The van der Waals surface area contributed by atoms with Crippen molar-refractivity contribution in [2.75, 3.05) is 19.6 Å². The number of nitrogens with one attached hydrogen (secondary N) is 1. The topological polar surface area (TPSA) is 53.1 Å². The van der Waals surface area contributed by atoms with E-state index in [-0.39, 0.29) is 11.8 Å². The van der Waals surface area contributed by atoms with Crippen molar-refractivity contribution in [2.24, 2.45) is 11.1 Å². The van der Waals surface area contributed by atoms with Gasteiger partial charge in [-0.2, -0.15) is 0 Å². The third kappa shape index (κ3) is 3.85. The van der Waals surface area contributed by atoms with Crippen molar-refractivity contribution in [3.8, 4) is 0 Å². The molecule has 0 radical (unpaired) electrons. The van der Waals surface area contributed by atoms with Crippen LogP contribution in [0, 0.1) is 10.8 Å². The van der Waals surface area contributed by atoms with E-state index in [1.165, 1.54) is 25.7 Å². The summed E-state index contributed by atoms with van der Waals surface area (Å²) in [6, 6.07) is 10.2. The molecule has 21 heavy (non-hydrogen) atoms. The zero-order chi connectivity index (χ0) is 15.3. The minimum absolute atomic E-state index is 0.0296. The smallest absolute Gasteiger partial charge is 0.0995 e. The van der Waals surface area contributed by atoms with Crippen LogP contribution in [0.1, 0.15) is 51.0 Å². The van der Waals surface area contributed by atoms with E-state index in [0.717, 1.165) is 25.2 Å². The van der Waals surface area contributed by atoms with Gasteiger partial charge in [0.15, 0.2) is 0 Å². The molecule has 3 N–H and O–H groups in total. The molecule has 0 bridgehead atoms. The van der Waals surface area contributed by atoms with Crippen LogP contribution in [0.4, 0.5) is 0 Å². The molecule has 1 atom stereocenters. The molecule has 1 saturated heterocycles. The molecule has 1 heterocycles. The Bertz CT molecular complexity index is 441. The van der Waals surface area contributed by atoms with Gasteiger partial charge in [-0.05, 0) is 36.9 Å². The quantitative estimate of drug-likeness (QED) is 0.620. The maximum Gasteiger partial charge on any atom is 0.0995 e. The molecule has 0 saturated carbocycles. The number of likely N-dealkylation sites (tertiary alicyclic amines) is 1. The summed E-state index contributed by atoms with van der Waals surface area (Å²) in [5.41, 5.74) is 7.56. The molecule has 1 aromatic carbocycles. The van der Waals surface area contributed by atoms with Crippen molar-refractivity contribution in [1.29, 1.82) is 5.41 Å². The third-order valence-corrected chi connectivity index (χ3v) is 5.43. The van der Waals surface area contributed by atoms with Gasteiger partial charge in [0.1, 0.15) is 0 Å². The van der Waals surface area contributed by atoms with Crippen LogP contribution < -0.4 is 5.73 Å². The minimum atomic E-state index is 0.0296. The van der Waals surface area contributed by atoms with E-state index in [9.17, 15) is 0 Å². The average Bonchev–Trinajstić information content (AvgIpc) is 2.54. The van der Waals surface area contributed by atoms with Gasteiger partial charge in [0.05, 0.1) is 11.8 Å². The molecule has 3 nitrogen and oxygen atoms in total. The average molecular weight is 287 g/mol. The number of piperidine rings is 1. The first kappa shape index (κ1) is 16.0. The van der Waals surface area contributed by atoms with Crippen LogP contribution in [-0.4, -0.2) is 30.4 Å². The Balaban J connectivity index is 1.99. The van der Waals surface area contributed by atoms with Crippen LogP contribution in [0.15, 0.2) is 30.3 Å². The lowest BCUT2D eigenvalue weighted by molar-refractivity contribution is 0.0947. The number of hydrogen-bond acceptors (Lipinski definition) is 2. The Morgan fingerprint density at radius 2 is 1.76 bits per heavy atom. The van der Waals surface area contributed by atoms with Crippen LogP contribution in [0.5, 0.6) is 0 Å². The van der Waals surface area contributed by atoms with Crippen LogP contribution in [0.25, 0.3) is 0 Å². The van der Waals surface area contributed by atoms with E-state index in [2.05, 4.69) is 30.9 Å². The molecule has 0 spiro atoms. The summed E-state index contributed by atoms with van der Waals surface area (Å²) in [4.78, 5) is 2.49. The van der Waals surface area contributed by atoms with Crippen LogP contribution in [-0.2, 0) is 0 Å². The minimum Gasteiger partial charge on any atom is -0.387 e. The first-order valence-corrected chi connectivity index (χ1v) is 8.21. The Morgan fingerprint density at radius 1 is 1.19 bits per heavy atom. The van der Waals surface area contributed by atoms with Gasteiger partial charge in [-0.15, -0.1) is 0 Å². The Kier molecular flexibility index (Phi) is 5.40. The third-order valence-electron chi connectivity index (χ3n) is 5.43. The predicted octanol–water partition coefficient (Wildman–Crippen LogP) is 3.61. The zero-order valence-corrected chi connectivity index (χ0v) is 13.4. The lowest BCUT2D eigenvalue weighted by Gasteiger charge is -2.42. The van der Waals surface area contributed by atoms with Gasteiger partial charge in [-0.25, -0.2) is 0 Å². The highest BCUT2D eigenvalue weighted by Gasteiger charge is 2.32. The highest BCUT2D eigenvalue weighted by atomic mass is 15.1. The number of hydrogen-bond donors (Lipinski definition) is 2. The molecular formula is C18H29N3. The molecule has 1 fully saturated rings. The molecule has 2 rings (SSSR count). The Morgan fingerprint density at radius 3 is 2.24 bits per heavy atom. The Hall–Kier alpha value is -1.35. The summed E-state index contributed by atoms with van der Waals surface area (Å²) in [7, 11) is 0. The van der Waals surface area contributed by atoms with Crippen LogP contribution in [0.3, 0.4) is 0 Å². The summed E-state index contributed by atoms with van der Waals surface area (Å²) < 4.78 is 0. The summed E-state index contributed by atoms with van der Waals surface area (Å²) in [5, 5.41) is 7.91. The fourth-order valence-electron chi connectivity index (χ4n) is 3.49. The molecule has 1 unspecified atom stereocenters. The molecule has 0 amide bonds. The largest absolute Gasteiger partial charge is 0.387 e. The standard InChI is InChI=1S/C18H29N3/c1-3-18(4-2)10-12-21(13-11-18)14-16(17(19)20)15-8-6-5-7-9-15/h5-9,16H,3-4,10-14H2,1-2H3,(H3,19,20). The highest BCUT2D eigenvalue weighted by molar-refractivity contribution is 5.84. The van der Waals surface area contributed by atoms with Crippen molar-refractivity contribution in [2.45, 2.75) is 45.4 Å². The predicted molar refractivity (Wildman–Crippen MR) is 89.8 cm³/mol. The van der Waals surface area contributed by atoms with Crippen molar-refractivity contribution in [3.05, 3.63) is 35.9 Å². The van der Waals surface area contributed by atoms with Gasteiger partial charge < -0.3 is 10.6 Å². The molecule has 1 aliphatic rings. The number of rotatable bonds is 6. The second-order valence-electron chi connectivity index (χ2n) is 6.43. The molecule has 1 aromatic rings. The van der Waals surface area contributed by atoms with E-state index in [1.54, 1.807) is 0 Å². The molecule has 0 aromatic heterocycles. The molecular weight excluding hydrogens is 258 g/mol. The van der Waals surface area contributed by atoms with Crippen molar-refractivity contribution in [1.82, 2.24) is 4.90 Å². The van der Waals surface area contributed by atoms with Gasteiger partial charge in [0.2, 0.25) is 0 Å². The maximum absolute atomic E-state index is 7.91. The number of amidine groups is 1. The number of nitrogens with zero attached hydrogens (tertiary/aromatic N) is 1. The summed E-state index contributed by atoms with van der Waals surface area (Å²) in [5.74, 6) is 0.311. The van der Waals surface area contributed by atoms with Gasteiger partial charge in [-0.3, -0.25) is 5.41 Å². The number of nitrogens with two attached hydrogens (primary N) is 1. The first-order valence-electron chi connectivity index (χ1n) is 8.21. The summed E-state index contributed by atoms with van der Waals surface area (Å²) in [6.07, 6.45) is 5.12. The van der Waals surface area contributed by atoms with Crippen molar-refractivity contribution < 1.29 is 0 Å². The van der Waals surface area contributed by atoms with E-state index in [0.29, 0.717) is 5.41 Å². The summed E-state index contributed by atoms with van der Waals surface area (Å²) >= 11 is 0. The highest BCUT2D eigenvalue weighted by Crippen LogP contribution is 2.38. The number of benzene rings is 1. The SMILES string of the molecule is CCC1(CC)CCN(CC(C(=N)N)c2ccccc2)CC1. The lowest BCUT2D eigenvalue weighted by Crippen LogP contribution is -2.43.